The van der Waals surface area contributed by atoms with E-state index < -0.39 is 6.10 Å². The summed E-state index contributed by atoms with van der Waals surface area (Å²) in [7, 11) is 0. The second-order valence-electron chi connectivity index (χ2n) is 3.85. The van der Waals surface area contributed by atoms with E-state index in [2.05, 4.69) is 36.8 Å². The maximum atomic E-state index is 10.2. The van der Waals surface area contributed by atoms with Crippen LogP contribution in [0.1, 0.15) is 17.4 Å². The average Bonchev–Trinajstić information content (AvgIpc) is 2.35. The first kappa shape index (κ1) is 14.0. The highest BCUT2D eigenvalue weighted by Gasteiger charge is 2.13. The van der Waals surface area contributed by atoms with E-state index >= 15 is 0 Å². The van der Waals surface area contributed by atoms with Gasteiger partial charge in [-0.3, -0.25) is 4.98 Å². The molecular weight excluding hydrogens is 381 g/mol. The van der Waals surface area contributed by atoms with Crippen LogP contribution < -0.4 is 0 Å². The summed E-state index contributed by atoms with van der Waals surface area (Å²) in [5.41, 5.74) is 1.60. The molecule has 1 heterocycles. The number of halogens is 3. The zero-order valence-electron chi connectivity index (χ0n) is 9.28. The van der Waals surface area contributed by atoms with Crippen LogP contribution in [0, 0.1) is 0 Å². The summed E-state index contributed by atoms with van der Waals surface area (Å²) < 4.78 is 1.76. The van der Waals surface area contributed by atoms with Gasteiger partial charge in [0.05, 0.1) is 6.10 Å². The standard InChI is InChI=1S/C13H10Br2ClNO/c14-8-1-3-10(17-7-8)6-13(18)11-5-9(16)2-4-12(11)15/h1-5,7,13,18H,6H2. The Morgan fingerprint density at radius 3 is 2.67 bits per heavy atom. The van der Waals surface area contributed by atoms with Gasteiger partial charge in [0.25, 0.3) is 0 Å². The van der Waals surface area contributed by atoms with E-state index in [1.54, 1.807) is 18.3 Å². The van der Waals surface area contributed by atoms with E-state index in [1.807, 2.05) is 18.2 Å². The zero-order valence-corrected chi connectivity index (χ0v) is 13.2. The monoisotopic (exact) mass is 389 g/mol. The number of hydrogen-bond donors (Lipinski definition) is 1. The number of hydrogen-bond acceptors (Lipinski definition) is 2. The predicted octanol–water partition coefficient (Wildman–Crippen LogP) is 4.54. The highest BCUT2D eigenvalue weighted by Crippen LogP contribution is 2.28. The summed E-state index contributed by atoms with van der Waals surface area (Å²) in [6.45, 7) is 0. The normalized spacial score (nSPS) is 12.4. The van der Waals surface area contributed by atoms with Crippen molar-refractivity contribution in [3.63, 3.8) is 0 Å². The maximum absolute atomic E-state index is 10.2. The number of rotatable bonds is 3. The minimum atomic E-state index is -0.633. The molecular formula is C13H10Br2ClNO. The van der Waals surface area contributed by atoms with Crippen LogP contribution in [-0.2, 0) is 6.42 Å². The topological polar surface area (TPSA) is 33.1 Å². The van der Waals surface area contributed by atoms with Crippen LogP contribution in [0.3, 0.4) is 0 Å². The van der Waals surface area contributed by atoms with Crippen molar-refractivity contribution in [2.24, 2.45) is 0 Å². The van der Waals surface area contributed by atoms with Gasteiger partial charge in [-0.1, -0.05) is 27.5 Å². The van der Waals surface area contributed by atoms with Crippen molar-refractivity contribution in [2.45, 2.75) is 12.5 Å². The molecule has 1 aromatic carbocycles. The second-order valence-corrected chi connectivity index (χ2v) is 6.06. The fourth-order valence-corrected chi connectivity index (χ4v) is 2.53. The van der Waals surface area contributed by atoms with Crippen molar-refractivity contribution in [2.75, 3.05) is 0 Å². The molecule has 0 amide bonds. The summed E-state index contributed by atoms with van der Waals surface area (Å²) in [6.07, 6.45) is 1.54. The van der Waals surface area contributed by atoms with E-state index in [-0.39, 0.29) is 0 Å². The van der Waals surface area contributed by atoms with Crippen LogP contribution in [0.2, 0.25) is 5.02 Å². The van der Waals surface area contributed by atoms with E-state index in [1.165, 1.54) is 0 Å². The Morgan fingerprint density at radius 2 is 2.00 bits per heavy atom. The van der Waals surface area contributed by atoms with Gasteiger partial charge >= 0.3 is 0 Å². The highest BCUT2D eigenvalue weighted by atomic mass is 79.9. The Hall–Kier alpha value is -0.420. The Balaban J connectivity index is 2.18. The van der Waals surface area contributed by atoms with Crippen LogP contribution in [-0.4, -0.2) is 10.1 Å². The SMILES string of the molecule is OC(Cc1ccc(Br)cn1)c1cc(Cl)ccc1Br. The van der Waals surface area contributed by atoms with Crippen LogP contribution >= 0.6 is 43.5 Å². The lowest BCUT2D eigenvalue weighted by Gasteiger charge is -2.13. The first-order chi connectivity index (χ1) is 8.56. The lowest BCUT2D eigenvalue weighted by molar-refractivity contribution is 0.176. The van der Waals surface area contributed by atoms with E-state index in [4.69, 9.17) is 11.6 Å². The highest BCUT2D eigenvalue weighted by molar-refractivity contribution is 9.10. The number of pyridine rings is 1. The molecule has 5 heteroatoms. The van der Waals surface area contributed by atoms with Crippen molar-refractivity contribution in [1.29, 1.82) is 0 Å². The molecule has 2 nitrogen and oxygen atoms in total. The lowest BCUT2D eigenvalue weighted by atomic mass is 10.0. The molecule has 0 aliphatic carbocycles. The summed E-state index contributed by atoms with van der Waals surface area (Å²) in [4.78, 5) is 4.24. The van der Waals surface area contributed by atoms with Crippen LogP contribution in [0.5, 0.6) is 0 Å². The van der Waals surface area contributed by atoms with Gasteiger partial charge in [0.2, 0.25) is 0 Å². The summed E-state index contributed by atoms with van der Waals surface area (Å²) >= 11 is 12.7. The molecule has 0 radical (unpaired) electrons. The number of nitrogens with zero attached hydrogens (tertiary/aromatic N) is 1. The van der Waals surface area contributed by atoms with Gasteiger partial charge < -0.3 is 5.11 Å². The molecule has 0 spiro atoms. The maximum Gasteiger partial charge on any atom is 0.0856 e. The molecule has 0 saturated heterocycles. The van der Waals surface area contributed by atoms with Gasteiger partial charge in [-0.25, -0.2) is 0 Å². The Kier molecular flexibility index (Phi) is 4.78. The molecule has 0 saturated carbocycles. The minimum absolute atomic E-state index is 0.451. The molecule has 18 heavy (non-hydrogen) atoms. The largest absolute Gasteiger partial charge is 0.388 e. The third-order valence-corrected chi connectivity index (χ3v) is 3.93. The molecule has 1 N–H and O–H groups in total. The van der Waals surface area contributed by atoms with Crippen molar-refractivity contribution in [1.82, 2.24) is 4.98 Å². The van der Waals surface area contributed by atoms with Gasteiger partial charge in [-0.2, -0.15) is 0 Å². The molecule has 94 valence electrons. The fourth-order valence-electron chi connectivity index (χ4n) is 1.61. The van der Waals surface area contributed by atoms with Crippen LogP contribution in [0.25, 0.3) is 0 Å². The summed E-state index contributed by atoms with van der Waals surface area (Å²) in [6, 6.07) is 9.15. The molecule has 1 atom stereocenters. The molecule has 1 unspecified atom stereocenters. The smallest absolute Gasteiger partial charge is 0.0856 e. The van der Waals surface area contributed by atoms with Crippen LogP contribution in [0.4, 0.5) is 0 Å². The van der Waals surface area contributed by atoms with E-state index in [0.29, 0.717) is 11.4 Å². The number of aliphatic hydroxyl groups excluding tert-OH is 1. The average molecular weight is 391 g/mol. The van der Waals surface area contributed by atoms with Gasteiger partial charge in [0.15, 0.2) is 0 Å². The predicted molar refractivity (Wildman–Crippen MR) is 79.8 cm³/mol. The molecule has 1 aromatic heterocycles. The third-order valence-electron chi connectivity index (χ3n) is 2.51. The molecule has 0 fully saturated rings. The third kappa shape index (κ3) is 3.54. The quantitative estimate of drug-likeness (QED) is 0.834. The number of benzene rings is 1. The van der Waals surface area contributed by atoms with Crippen molar-refractivity contribution in [3.8, 4) is 0 Å². The number of aromatic nitrogens is 1. The van der Waals surface area contributed by atoms with Gasteiger partial charge in [0.1, 0.15) is 0 Å². The van der Waals surface area contributed by atoms with E-state index in [0.717, 1.165) is 20.2 Å². The molecule has 0 aliphatic rings. The van der Waals surface area contributed by atoms with Gasteiger partial charge in [-0.05, 0) is 51.8 Å². The fraction of sp³-hybridized carbons (Fsp3) is 0.154. The lowest BCUT2D eigenvalue weighted by Crippen LogP contribution is -2.04. The Labute approximate surface area is 127 Å². The number of aliphatic hydroxyl groups is 1. The minimum Gasteiger partial charge on any atom is -0.388 e. The van der Waals surface area contributed by atoms with Crippen molar-refractivity contribution in [3.05, 3.63) is 61.8 Å². The first-order valence-electron chi connectivity index (χ1n) is 5.29. The molecule has 2 aromatic rings. The van der Waals surface area contributed by atoms with Gasteiger partial charge in [-0.15, -0.1) is 0 Å². The Morgan fingerprint density at radius 1 is 1.22 bits per heavy atom. The zero-order chi connectivity index (χ0) is 13.1. The second kappa shape index (κ2) is 6.15. The van der Waals surface area contributed by atoms with Crippen molar-refractivity contribution < 1.29 is 5.11 Å². The summed E-state index contributed by atoms with van der Waals surface area (Å²) in [5.74, 6) is 0. The molecule has 2 rings (SSSR count). The van der Waals surface area contributed by atoms with Crippen molar-refractivity contribution >= 4 is 43.5 Å². The Bertz CT molecular complexity index is 545. The first-order valence-corrected chi connectivity index (χ1v) is 7.26. The van der Waals surface area contributed by atoms with Gasteiger partial charge in [0, 0.05) is 32.3 Å². The van der Waals surface area contributed by atoms with Crippen LogP contribution in [0.15, 0.2) is 45.5 Å². The molecule has 0 bridgehead atoms. The molecule has 0 aliphatic heterocycles. The van der Waals surface area contributed by atoms with E-state index in [9.17, 15) is 5.11 Å². The summed E-state index contributed by atoms with van der Waals surface area (Å²) in [5, 5.41) is 10.8.